The number of aromatic amines is 1. The Balaban J connectivity index is 1.71. The summed E-state index contributed by atoms with van der Waals surface area (Å²) in [6.07, 6.45) is 4.99. The molecule has 1 amide bonds. The Labute approximate surface area is 100 Å². The van der Waals surface area contributed by atoms with Crippen molar-refractivity contribution in [3.8, 4) is 0 Å². The van der Waals surface area contributed by atoms with Crippen molar-refractivity contribution in [1.82, 2.24) is 15.5 Å². The minimum Gasteiger partial charge on any atom is -0.395 e. The number of hydrogen-bond acceptors (Lipinski definition) is 3. The van der Waals surface area contributed by atoms with Crippen molar-refractivity contribution >= 4 is 11.6 Å². The van der Waals surface area contributed by atoms with Crippen molar-refractivity contribution in [2.24, 2.45) is 11.8 Å². The summed E-state index contributed by atoms with van der Waals surface area (Å²) in [6, 6.07) is 0.346. The maximum absolute atomic E-state index is 12.1. The summed E-state index contributed by atoms with van der Waals surface area (Å²) in [6.45, 7) is 1.82. The number of anilines is 1. The number of hydrogen-bond donors (Lipinski definition) is 3. The topological polar surface area (TPSA) is 83.8 Å². The maximum Gasteiger partial charge on any atom is 0.274 e. The van der Waals surface area contributed by atoms with Gasteiger partial charge in [0.2, 0.25) is 0 Å². The predicted molar refractivity (Wildman–Crippen MR) is 64.4 cm³/mol. The maximum atomic E-state index is 12.1. The van der Waals surface area contributed by atoms with Crippen molar-refractivity contribution < 1.29 is 4.79 Å². The molecule has 1 aromatic rings. The molecule has 0 bridgehead atoms. The number of nitrogens with one attached hydrogen (secondary N) is 2. The molecule has 0 saturated heterocycles. The summed E-state index contributed by atoms with van der Waals surface area (Å²) in [5.74, 6) is 1.25. The van der Waals surface area contributed by atoms with Crippen LogP contribution in [0.1, 0.15) is 41.9 Å². The van der Waals surface area contributed by atoms with Gasteiger partial charge in [0.1, 0.15) is 0 Å². The molecule has 0 radical (unpaired) electrons. The fourth-order valence-electron chi connectivity index (χ4n) is 2.36. The molecule has 3 rings (SSSR count). The summed E-state index contributed by atoms with van der Waals surface area (Å²) in [5.41, 5.74) is 7.37. The van der Waals surface area contributed by atoms with E-state index in [2.05, 4.69) is 15.5 Å². The Morgan fingerprint density at radius 1 is 1.41 bits per heavy atom. The van der Waals surface area contributed by atoms with Gasteiger partial charge in [-0.1, -0.05) is 0 Å². The highest BCUT2D eigenvalue weighted by molar-refractivity contribution is 5.97. The van der Waals surface area contributed by atoms with E-state index in [0.717, 1.165) is 5.69 Å². The molecule has 1 heterocycles. The van der Waals surface area contributed by atoms with E-state index >= 15 is 0 Å². The van der Waals surface area contributed by atoms with Crippen molar-refractivity contribution in [1.29, 1.82) is 0 Å². The second-order valence-electron chi connectivity index (χ2n) is 5.28. The molecule has 0 aromatic carbocycles. The van der Waals surface area contributed by atoms with Crippen molar-refractivity contribution in [3.63, 3.8) is 0 Å². The van der Waals surface area contributed by atoms with E-state index in [1.165, 1.54) is 25.7 Å². The number of rotatable bonds is 4. The highest BCUT2D eigenvalue weighted by Crippen LogP contribution is 2.44. The molecule has 5 heteroatoms. The lowest BCUT2D eigenvalue weighted by Gasteiger charge is -2.16. The largest absolute Gasteiger partial charge is 0.395 e. The zero-order chi connectivity index (χ0) is 12.0. The summed E-state index contributed by atoms with van der Waals surface area (Å²) in [7, 11) is 0. The van der Waals surface area contributed by atoms with Crippen LogP contribution in [0.4, 0.5) is 5.69 Å². The van der Waals surface area contributed by atoms with Gasteiger partial charge in [-0.2, -0.15) is 5.10 Å². The molecule has 0 aliphatic heterocycles. The van der Waals surface area contributed by atoms with Crippen LogP contribution in [0.5, 0.6) is 0 Å². The van der Waals surface area contributed by atoms with E-state index < -0.39 is 0 Å². The smallest absolute Gasteiger partial charge is 0.274 e. The second-order valence-corrected chi connectivity index (χ2v) is 5.28. The second kappa shape index (κ2) is 3.75. The van der Waals surface area contributed by atoms with Gasteiger partial charge in [0, 0.05) is 6.04 Å². The van der Waals surface area contributed by atoms with Gasteiger partial charge >= 0.3 is 0 Å². The molecule has 92 valence electrons. The normalized spacial score (nSPS) is 19.6. The number of H-pyrrole nitrogens is 1. The first-order chi connectivity index (χ1) is 8.16. The van der Waals surface area contributed by atoms with Crippen LogP contribution in [-0.2, 0) is 0 Å². The van der Waals surface area contributed by atoms with Crippen LogP contribution >= 0.6 is 0 Å². The predicted octanol–water partition coefficient (Wildman–Crippen LogP) is 1.22. The van der Waals surface area contributed by atoms with Gasteiger partial charge in [0.15, 0.2) is 5.69 Å². The lowest BCUT2D eigenvalue weighted by atomic mass is 10.1. The van der Waals surface area contributed by atoms with Crippen molar-refractivity contribution in [2.75, 3.05) is 5.73 Å². The molecule has 4 N–H and O–H groups in total. The lowest BCUT2D eigenvalue weighted by Crippen LogP contribution is -2.38. The Hall–Kier alpha value is -1.52. The first kappa shape index (κ1) is 10.6. The average Bonchev–Trinajstić information content (AvgIpc) is 3.18. The van der Waals surface area contributed by atoms with Crippen LogP contribution < -0.4 is 11.1 Å². The third-order valence-electron chi connectivity index (χ3n) is 3.77. The molecule has 0 unspecified atom stereocenters. The molecule has 2 aliphatic carbocycles. The van der Waals surface area contributed by atoms with Crippen LogP contribution in [0.2, 0.25) is 0 Å². The number of nitrogens with two attached hydrogens (primary N) is 1. The van der Waals surface area contributed by atoms with Gasteiger partial charge in [-0.25, -0.2) is 0 Å². The van der Waals surface area contributed by atoms with Crippen LogP contribution in [0.25, 0.3) is 0 Å². The molecule has 0 atom stereocenters. The Morgan fingerprint density at radius 3 is 2.41 bits per heavy atom. The Bertz CT molecular complexity index is 433. The highest BCUT2D eigenvalue weighted by atomic mass is 16.2. The first-order valence-corrected chi connectivity index (χ1v) is 6.28. The highest BCUT2D eigenvalue weighted by Gasteiger charge is 2.42. The SMILES string of the molecule is Cc1[nH]nc(C(=O)NC(C2CC2)C2CC2)c1N. The summed E-state index contributed by atoms with van der Waals surface area (Å²) < 4.78 is 0. The number of aryl methyl sites for hydroxylation is 1. The van der Waals surface area contributed by atoms with Gasteiger partial charge in [0.05, 0.1) is 11.4 Å². The van der Waals surface area contributed by atoms with E-state index in [4.69, 9.17) is 5.73 Å². The molecule has 5 nitrogen and oxygen atoms in total. The van der Waals surface area contributed by atoms with E-state index in [-0.39, 0.29) is 5.91 Å². The van der Waals surface area contributed by atoms with Crippen molar-refractivity contribution in [2.45, 2.75) is 38.6 Å². The van der Waals surface area contributed by atoms with Crippen LogP contribution in [0.15, 0.2) is 0 Å². The fraction of sp³-hybridized carbons (Fsp3) is 0.667. The number of aromatic nitrogens is 2. The minimum atomic E-state index is -0.129. The summed E-state index contributed by atoms with van der Waals surface area (Å²) >= 11 is 0. The molecule has 17 heavy (non-hydrogen) atoms. The molecule has 2 fully saturated rings. The van der Waals surface area contributed by atoms with Crippen molar-refractivity contribution in [3.05, 3.63) is 11.4 Å². The van der Waals surface area contributed by atoms with E-state index in [0.29, 0.717) is 29.3 Å². The zero-order valence-electron chi connectivity index (χ0n) is 9.99. The number of amides is 1. The Morgan fingerprint density at radius 2 is 2.00 bits per heavy atom. The molecular formula is C12H18N4O. The van der Waals surface area contributed by atoms with E-state index in [9.17, 15) is 4.79 Å². The average molecular weight is 234 g/mol. The van der Waals surface area contributed by atoms with Crippen LogP contribution in [0, 0.1) is 18.8 Å². The van der Waals surface area contributed by atoms with Gasteiger partial charge < -0.3 is 11.1 Å². The molecule has 2 saturated carbocycles. The minimum absolute atomic E-state index is 0.129. The molecule has 2 aliphatic rings. The number of nitrogens with zero attached hydrogens (tertiary/aromatic N) is 1. The number of carbonyl (C=O) groups is 1. The van der Waals surface area contributed by atoms with E-state index in [1.807, 2.05) is 6.92 Å². The lowest BCUT2D eigenvalue weighted by molar-refractivity contribution is 0.0922. The fourth-order valence-corrected chi connectivity index (χ4v) is 2.36. The Kier molecular flexibility index (Phi) is 2.34. The van der Waals surface area contributed by atoms with Gasteiger partial charge in [0.25, 0.3) is 5.91 Å². The zero-order valence-corrected chi connectivity index (χ0v) is 9.99. The summed E-state index contributed by atoms with van der Waals surface area (Å²) in [5, 5.41) is 9.82. The van der Waals surface area contributed by atoms with Crippen LogP contribution in [-0.4, -0.2) is 22.1 Å². The monoisotopic (exact) mass is 234 g/mol. The van der Waals surface area contributed by atoms with E-state index in [1.54, 1.807) is 0 Å². The summed E-state index contributed by atoms with van der Waals surface area (Å²) in [4.78, 5) is 12.1. The molecule has 1 aromatic heterocycles. The van der Waals surface area contributed by atoms with Gasteiger partial charge in [-0.05, 0) is 44.4 Å². The third-order valence-corrected chi connectivity index (χ3v) is 3.77. The number of carbonyl (C=O) groups excluding carboxylic acids is 1. The first-order valence-electron chi connectivity index (χ1n) is 6.28. The van der Waals surface area contributed by atoms with Crippen LogP contribution in [0.3, 0.4) is 0 Å². The van der Waals surface area contributed by atoms with Gasteiger partial charge in [-0.15, -0.1) is 0 Å². The molecule has 0 spiro atoms. The standard InChI is InChI=1S/C12H18N4O/c1-6-9(13)11(16-15-6)12(17)14-10(7-2-3-7)8-4-5-8/h7-8,10H,2-5,13H2,1H3,(H,14,17)(H,15,16). The quantitative estimate of drug-likeness (QED) is 0.732. The number of nitrogen functional groups attached to an aromatic ring is 1. The van der Waals surface area contributed by atoms with Gasteiger partial charge in [-0.3, -0.25) is 9.89 Å². The third kappa shape index (κ3) is 2.01. The molecular weight excluding hydrogens is 216 g/mol.